The van der Waals surface area contributed by atoms with Crippen LogP contribution in [0.15, 0.2) is 0 Å². The molecule has 7 N–H and O–H groups in total. The first-order valence-corrected chi connectivity index (χ1v) is 8.53. The van der Waals surface area contributed by atoms with E-state index in [1.807, 2.05) is 0 Å². The lowest BCUT2D eigenvalue weighted by Crippen LogP contribution is -2.45. The third kappa shape index (κ3) is 11.3. The Morgan fingerprint density at radius 1 is 0.724 bits per heavy atom. The van der Waals surface area contributed by atoms with Gasteiger partial charge < -0.3 is 36.2 Å². The van der Waals surface area contributed by atoms with Crippen molar-refractivity contribution in [2.75, 3.05) is 13.1 Å². The summed E-state index contributed by atoms with van der Waals surface area (Å²) in [6.07, 6.45) is -2.55. The highest BCUT2D eigenvalue weighted by molar-refractivity contribution is 5.90. The van der Waals surface area contributed by atoms with Gasteiger partial charge in [-0.1, -0.05) is 0 Å². The zero-order valence-corrected chi connectivity index (χ0v) is 15.4. The molecule has 0 aromatic heterocycles. The molecule has 0 spiro atoms. The third-order valence-electron chi connectivity index (χ3n) is 3.74. The predicted octanol–water partition coefficient (Wildman–Crippen LogP) is -1.75. The van der Waals surface area contributed by atoms with Gasteiger partial charge in [0.1, 0.15) is 0 Å². The molecular weight excluding hydrogens is 396 g/mol. The molecule has 0 aliphatic heterocycles. The SMILES string of the molecule is O=C(O)CC(CC(=O)NCCCCNC(=O)C[C@@](O)(CC(=O)O)C(=O)O)C(=O)O. The topological polar surface area (TPSA) is 228 Å². The number of rotatable bonds is 15. The number of aliphatic hydroxyl groups is 1. The van der Waals surface area contributed by atoms with Crippen LogP contribution in [0.4, 0.5) is 0 Å². The van der Waals surface area contributed by atoms with Gasteiger partial charge >= 0.3 is 23.9 Å². The van der Waals surface area contributed by atoms with E-state index in [0.717, 1.165) is 0 Å². The van der Waals surface area contributed by atoms with E-state index in [9.17, 15) is 33.9 Å². The van der Waals surface area contributed by atoms with Crippen molar-refractivity contribution in [1.82, 2.24) is 10.6 Å². The van der Waals surface area contributed by atoms with Gasteiger partial charge in [-0.05, 0) is 12.8 Å². The first-order chi connectivity index (χ1) is 13.4. The Morgan fingerprint density at radius 3 is 1.66 bits per heavy atom. The van der Waals surface area contributed by atoms with Gasteiger partial charge in [0.15, 0.2) is 5.60 Å². The van der Waals surface area contributed by atoms with Crippen LogP contribution in [0.2, 0.25) is 0 Å². The number of hydrogen-bond acceptors (Lipinski definition) is 7. The molecule has 0 aromatic carbocycles. The Labute approximate surface area is 164 Å². The maximum absolute atomic E-state index is 11.7. The number of amides is 2. The first-order valence-electron chi connectivity index (χ1n) is 8.53. The van der Waals surface area contributed by atoms with Gasteiger partial charge in [-0.2, -0.15) is 0 Å². The van der Waals surface area contributed by atoms with Gasteiger partial charge in [-0.25, -0.2) is 4.79 Å². The Hall–Kier alpha value is -3.22. The lowest BCUT2D eigenvalue weighted by atomic mass is 9.95. The quantitative estimate of drug-likeness (QED) is 0.147. The summed E-state index contributed by atoms with van der Waals surface area (Å²) in [5, 5.41) is 49.4. The van der Waals surface area contributed by atoms with E-state index in [1.54, 1.807) is 0 Å². The number of carbonyl (C=O) groups excluding carboxylic acids is 2. The number of carboxylic acid groups (broad SMARTS) is 4. The second-order valence-electron chi connectivity index (χ2n) is 6.33. The molecule has 2 atom stereocenters. The van der Waals surface area contributed by atoms with Crippen LogP contribution >= 0.6 is 0 Å². The predicted molar refractivity (Wildman–Crippen MR) is 92.7 cm³/mol. The maximum Gasteiger partial charge on any atom is 0.336 e. The first kappa shape index (κ1) is 25.8. The molecular formula is C16H24N2O11. The molecule has 13 heteroatoms. The molecule has 164 valence electrons. The van der Waals surface area contributed by atoms with Gasteiger partial charge in [0.25, 0.3) is 0 Å². The van der Waals surface area contributed by atoms with Crippen LogP contribution in [0.5, 0.6) is 0 Å². The average molecular weight is 420 g/mol. The largest absolute Gasteiger partial charge is 0.481 e. The van der Waals surface area contributed by atoms with E-state index in [2.05, 4.69) is 10.6 Å². The van der Waals surface area contributed by atoms with Crippen LogP contribution < -0.4 is 10.6 Å². The third-order valence-corrected chi connectivity index (χ3v) is 3.74. The minimum atomic E-state index is -2.72. The van der Waals surface area contributed by atoms with E-state index in [4.69, 9.17) is 20.4 Å². The Kier molecular flexibility index (Phi) is 10.9. The summed E-state index contributed by atoms with van der Waals surface area (Å²) in [6, 6.07) is 0. The normalized spacial score (nSPS) is 13.6. The van der Waals surface area contributed by atoms with Crippen LogP contribution in [0.3, 0.4) is 0 Å². The van der Waals surface area contributed by atoms with Gasteiger partial charge in [0.05, 0.1) is 25.2 Å². The molecule has 0 fully saturated rings. The molecule has 0 saturated heterocycles. The van der Waals surface area contributed by atoms with Crippen molar-refractivity contribution in [3.05, 3.63) is 0 Å². The minimum absolute atomic E-state index is 0.0637. The molecule has 0 heterocycles. The molecule has 0 aromatic rings. The molecule has 0 aliphatic rings. The van der Waals surface area contributed by atoms with Crippen molar-refractivity contribution in [2.24, 2.45) is 5.92 Å². The lowest BCUT2D eigenvalue weighted by molar-refractivity contribution is -0.167. The van der Waals surface area contributed by atoms with Gasteiger partial charge in [0.2, 0.25) is 11.8 Å². The summed E-state index contributed by atoms with van der Waals surface area (Å²) in [5.41, 5.74) is -2.72. The highest BCUT2D eigenvalue weighted by Crippen LogP contribution is 2.16. The van der Waals surface area contributed by atoms with E-state index in [-0.39, 0.29) is 13.1 Å². The second-order valence-corrected chi connectivity index (χ2v) is 6.33. The molecule has 0 aliphatic carbocycles. The van der Waals surface area contributed by atoms with Crippen LogP contribution in [-0.2, 0) is 28.8 Å². The Bertz CT molecular complexity index is 649. The van der Waals surface area contributed by atoms with Gasteiger partial charge in [0, 0.05) is 19.5 Å². The number of aliphatic carboxylic acids is 4. The van der Waals surface area contributed by atoms with E-state index in [0.29, 0.717) is 12.8 Å². The fourth-order valence-corrected chi connectivity index (χ4v) is 2.25. The fourth-order valence-electron chi connectivity index (χ4n) is 2.25. The number of carbonyl (C=O) groups is 6. The molecule has 0 bridgehead atoms. The Morgan fingerprint density at radius 2 is 1.24 bits per heavy atom. The van der Waals surface area contributed by atoms with Gasteiger partial charge in [-0.15, -0.1) is 0 Å². The van der Waals surface area contributed by atoms with Crippen LogP contribution in [0.25, 0.3) is 0 Å². The summed E-state index contributed by atoms with van der Waals surface area (Å²) in [6.45, 7) is 0.195. The maximum atomic E-state index is 11.7. The summed E-state index contributed by atoms with van der Waals surface area (Å²) in [5.74, 6) is -8.98. The second kappa shape index (κ2) is 12.3. The number of carboxylic acids is 4. The van der Waals surface area contributed by atoms with E-state index in [1.165, 1.54) is 0 Å². The number of nitrogens with one attached hydrogen (secondary N) is 2. The minimum Gasteiger partial charge on any atom is -0.481 e. The van der Waals surface area contributed by atoms with Crippen molar-refractivity contribution >= 4 is 35.7 Å². The fraction of sp³-hybridized carbons (Fsp3) is 0.625. The van der Waals surface area contributed by atoms with Crippen LogP contribution in [0.1, 0.15) is 38.5 Å². The smallest absolute Gasteiger partial charge is 0.336 e. The summed E-state index contributed by atoms with van der Waals surface area (Å²) < 4.78 is 0. The molecule has 0 rings (SSSR count). The van der Waals surface area contributed by atoms with Crippen LogP contribution in [-0.4, -0.2) is 79.9 Å². The molecule has 29 heavy (non-hydrogen) atoms. The van der Waals surface area contributed by atoms with Crippen molar-refractivity contribution in [3.63, 3.8) is 0 Å². The van der Waals surface area contributed by atoms with Crippen molar-refractivity contribution in [2.45, 2.75) is 44.1 Å². The van der Waals surface area contributed by atoms with E-state index >= 15 is 0 Å². The highest BCUT2D eigenvalue weighted by Gasteiger charge is 2.40. The number of hydrogen-bond donors (Lipinski definition) is 7. The van der Waals surface area contributed by atoms with E-state index < -0.39 is 72.9 Å². The summed E-state index contributed by atoms with van der Waals surface area (Å²) >= 11 is 0. The molecule has 0 radical (unpaired) electrons. The summed E-state index contributed by atoms with van der Waals surface area (Å²) in [4.78, 5) is 66.2. The Balaban J connectivity index is 4.15. The molecule has 13 nitrogen and oxygen atoms in total. The monoisotopic (exact) mass is 420 g/mol. The summed E-state index contributed by atoms with van der Waals surface area (Å²) in [7, 11) is 0. The lowest BCUT2D eigenvalue weighted by Gasteiger charge is -2.20. The van der Waals surface area contributed by atoms with Crippen molar-refractivity contribution in [3.8, 4) is 0 Å². The number of unbranched alkanes of at least 4 members (excludes halogenated alkanes) is 1. The highest BCUT2D eigenvalue weighted by atomic mass is 16.4. The molecule has 0 saturated carbocycles. The molecule has 2 amide bonds. The van der Waals surface area contributed by atoms with Crippen molar-refractivity contribution < 1.29 is 54.3 Å². The average Bonchev–Trinajstić information content (AvgIpc) is 2.55. The zero-order chi connectivity index (χ0) is 22.6. The van der Waals surface area contributed by atoms with Crippen LogP contribution in [0, 0.1) is 5.92 Å². The standard InChI is InChI=1S/C16H24N2O11/c19-10(5-9(14(25)26)6-12(21)22)17-3-1-2-4-18-11(20)7-16(29,15(27)28)8-13(23)24/h9,29H,1-8H2,(H,17,19)(H,18,20)(H,21,22)(H,23,24)(H,25,26)(H,27,28)/t9?,16-/m1/s1. The zero-order valence-electron chi connectivity index (χ0n) is 15.4. The molecule has 1 unspecified atom stereocenters. The van der Waals surface area contributed by atoms with Gasteiger partial charge in [-0.3, -0.25) is 24.0 Å². The van der Waals surface area contributed by atoms with Crippen molar-refractivity contribution in [1.29, 1.82) is 0 Å².